The highest BCUT2D eigenvalue weighted by Crippen LogP contribution is 2.19. The van der Waals surface area contributed by atoms with Gasteiger partial charge in [-0.1, -0.05) is 11.6 Å². The summed E-state index contributed by atoms with van der Waals surface area (Å²) in [5, 5.41) is 7.20. The van der Waals surface area contributed by atoms with E-state index >= 15 is 0 Å². The van der Waals surface area contributed by atoms with Crippen LogP contribution in [0.4, 0.5) is 5.69 Å². The fraction of sp³-hybridized carbons (Fsp3) is 0.583. The molecule has 7 nitrogen and oxygen atoms in total. The molecule has 1 N–H and O–H groups in total. The van der Waals surface area contributed by atoms with E-state index in [9.17, 15) is 9.59 Å². The first kappa shape index (κ1) is 14.8. The maximum Gasteiger partial charge on any atom is 0.287 e. The molecule has 0 aromatic carbocycles. The molecule has 1 aliphatic rings. The Balaban J connectivity index is 2.08. The summed E-state index contributed by atoms with van der Waals surface area (Å²) >= 11 is 6.01. The van der Waals surface area contributed by atoms with Crippen molar-refractivity contribution in [3.05, 3.63) is 21.6 Å². The minimum atomic E-state index is -0.370. The van der Waals surface area contributed by atoms with Crippen molar-refractivity contribution < 1.29 is 4.79 Å². The third kappa shape index (κ3) is 3.10. The van der Waals surface area contributed by atoms with Crippen LogP contribution in [0.25, 0.3) is 0 Å². The second kappa shape index (κ2) is 6.23. The van der Waals surface area contributed by atoms with Crippen molar-refractivity contribution in [3.63, 3.8) is 0 Å². The number of aromatic nitrogens is 2. The molecule has 1 amide bonds. The Labute approximate surface area is 122 Å². The van der Waals surface area contributed by atoms with Gasteiger partial charge in [0.25, 0.3) is 5.56 Å². The summed E-state index contributed by atoms with van der Waals surface area (Å²) in [6.45, 7) is 3.20. The molecule has 20 heavy (non-hydrogen) atoms. The van der Waals surface area contributed by atoms with Crippen LogP contribution in [-0.2, 0) is 11.8 Å². The average Bonchev–Trinajstić information content (AvgIpc) is 2.45. The predicted octanol–water partition coefficient (Wildman–Crippen LogP) is -0.698. The molecule has 0 saturated carbocycles. The normalized spacial score (nSPS) is 15.2. The Morgan fingerprint density at radius 1 is 1.50 bits per heavy atom. The van der Waals surface area contributed by atoms with E-state index in [4.69, 9.17) is 11.6 Å². The highest BCUT2D eigenvalue weighted by atomic mass is 35.5. The summed E-state index contributed by atoms with van der Waals surface area (Å²) in [6, 6.07) is 0. The number of hydrogen-bond acceptors (Lipinski definition) is 5. The van der Waals surface area contributed by atoms with E-state index in [0.717, 1.165) is 17.8 Å². The zero-order chi connectivity index (χ0) is 14.7. The fourth-order valence-corrected chi connectivity index (χ4v) is 2.39. The smallest absolute Gasteiger partial charge is 0.287 e. The summed E-state index contributed by atoms with van der Waals surface area (Å²) in [6.07, 6.45) is 1.49. The number of rotatable bonds is 3. The zero-order valence-electron chi connectivity index (χ0n) is 11.6. The number of nitrogens with one attached hydrogen (secondary N) is 1. The van der Waals surface area contributed by atoms with Gasteiger partial charge in [0.05, 0.1) is 18.4 Å². The van der Waals surface area contributed by atoms with Gasteiger partial charge >= 0.3 is 0 Å². The third-order valence-electron chi connectivity index (χ3n) is 3.31. The molecular weight excluding hydrogens is 282 g/mol. The zero-order valence-corrected chi connectivity index (χ0v) is 12.4. The van der Waals surface area contributed by atoms with Crippen molar-refractivity contribution in [2.24, 2.45) is 7.05 Å². The molecular formula is C12H18ClN5O2. The van der Waals surface area contributed by atoms with E-state index in [0.29, 0.717) is 18.8 Å². The second-order valence-electron chi connectivity index (χ2n) is 4.76. The lowest BCUT2D eigenvalue weighted by Crippen LogP contribution is -2.49. The van der Waals surface area contributed by atoms with Crippen LogP contribution in [0, 0.1) is 0 Å². The van der Waals surface area contributed by atoms with Crippen LogP contribution in [0.5, 0.6) is 0 Å². The summed E-state index contributed by atoms with van der Waals surface area (Å²) in [7, 11) is 3.26. The number of carbonyl (C=O) groups is 1. The van der Waals surface area contributed by atoms with Gasteiger partial charge in [0.2, 0.25) is 5.91 Å². The molecule has 0 unspecified atom stereocenters. The molecule has 8 heteroatoms. The van der Waals surface area contributed by atoms with Gasteiger partial charge in [-0.3, -0.25) is 9.59 Å². The molecule has 0 radical (unpaired) electrons. The van der Waals surface area contributed by atoms with E-state index in [2.05, 4.69) is 10.4 Å². The van der Waals surface area contributed by atoms with Crippen molar-refractivity contribution in [2.75, 3.05) is 44.7 Å². The average molecular weight is 300 g/mol. The number of hydrogen-bond donors (Lipinski definition) is 1. The van der Waals surface area contributed by atoms with E-state index in [1.54, 1.807) is 16.8 Å². The molecule has 0 bridgehead atoms. The summed E-state index contributed by atoms with van der Waals surface area (Å²) in [5.41, 5.74) is 0.101. The van der Waals surface area contributed by atoms with Crippen LogP contribution >= 0.6 is 11.6 Å². The van der Waals surface area contributed by atoms with Gasteiger partial charge in [0, 0.05) is 40.3 Å². The van der Waals surface area contributed by atoms with Crippen molar-refractivity contribution >= 4 is 23.2 Å². The molecule has 1 aromatic rings. The van der Waals surface area contributed by atoms with Crippen molar-refractivity contribution in [1.29, 1.82) is 0 Å². The summed E-state index contributed by atoms with van der Waals surface area (Å²) < 4.78 is 1.16. The number of likely N-dealkylation sites (N-methyl/N-ethyl adjacent to an activating group) is 1. The number of halogens is 1. The molecule has 2 rings (SSSR count). The Morgan fingerprint density at radius 3 is 2.80 bits per heavy atom. The standard InChI is InChI=1S/C12H18ClN5O2/c1-16(8-10(19)18-5-3-14-4-6-18)9-7-15-17(2)12(20)11(9)13/h7,14H,3-6,8H2,1-2H3. The van der Waals surface area contributed by atoms with E-state index in [-0.39, 0.29) is 23.0 Å². The maximum absolute atomic E-state index is 12.2. The van der Waals surface area contributed by atoms with Crippen LogP contribution in [0.2, 0.25) is 5.02 Å². The number of anilines is 1. The van der Waals surface area contributed by atoms with Gasteiger partial charge < -0.3 is 15.1 Å². The molecule has 0 aliphatic carbocycles. The number of nitrogens with zero attached hydrogens (tertiary/aromatic N) is 4. The van der Waals surface area contributed by atoms with Crippen molar-refractivity contribution in [3.8, 4) is 0 Å². The van der Waals surface area contributed by atoms with Crippen LogP contribution in [0.1, 0.15) is 0 Å². The number of piperazine rings is 1. The largest absolute Gasteiger partial charge is 0.363 e. The highest BCUT2D eigenvalue weighted by Gasteiger charge is 2.19. The van der Waals surface area contributed by atoms with Gasteiger partial charge in [-0.05, 0) is 0 Å². The first-order chi connectivity index (χ1) is 9.50. The van der Waals surface area contributed by atoms with E-state index < -0.39 is 0 Å². The third-order valence-corrected chi connectivity index (χ3v) is 3.67. The molecule has 1 aromatic heterocycles. The molecule has 1 fully saturated rings. The molecule has 1 saturated heterocycles. The summed E-state index contributed by atoms with van der Waals surface area (Å²) in [4.78, 5) is 27.3. The van der Waals surface area contributed by atoms with E-state index in [1.807, 2.05) is 0 Å². The molecule has 110 valence electrons. The predicted molar refractivity (Wildman–Crippen MR) is 77.2 cm³/mol. The van der Waals surface area contributed by atoms with Crippen LogP contribution in [0.15, 0.2) is 11.0 Å². The maximum atomic E-state index is 12.2. The highest BCUT2D eigenvalue weighted by molar-refractivity contribution is 6.33. The molecule has 0 spiro atoms. The monoisotopic (exact) mass is 299 g/mol. The Morgan fingerprint density at radius 2 is 2.15 bits per heavy atom. The molecule has 1 aliphatic heterocycles. The van der Waals surface area contributed by atoms with Gasteiger partial charge in [-0.15, -0.1) is 0 Å². The van der Waals surface area contributed by atoms with Crippen LogP contribution < -0.4 is 15.8 Å². The summed E-state index contributed by atoms with van der Waals surface area (Å²) in [5.74, 6) is 0.0192. The number of carbonyl (C=O) groups excluding carboxylic acids is 1. The van der Waals surface area contributed by atoms with Crippen LogP contribution in [-0.4, -0.2) is 60.4 Å². The van der Waals surface area contributed by atoms with E-state index in [1.165, 1.54) is 13.2 Å². The Bertz CT molecular complexity index is 553. The van der Waals surface area contributed by atoms with Crippen LogP contribution in [0.3, 0.4) is 0 Å². The first-order valence-corrected chi connectivity index (χ1v) is 6.80. The van der Waals surface area contributed by atoms with Gasteiger partial charge in [0.1, 0.15) is 5.02 Å². The first-order valence-electron chi connectivity index (χ1n) is 6.42. The molecule has 2 heterocycles. The number of amides is 1. The quantitative estimate of drug-likeness (QED) is 0.799. The molecule has 0 atom stereocenters. The lowest BCUT2D eigenvalue weighted by atomic mass is 10.3. The minimum Gasteiger partial charge on any atom is -0.363 e. The number of aryl methyl sites for hydroxylation is 1. The van der Waals surface area contributed by atoms with Crippen molar-refractivity contribution in [2.45, 2.75) is 0 Å². The Kier molecular flexibility index (Phi) is 4.61. The van der Waals surface area contributed by atoms with Gasteiger partial charge in [-0.2, -0.15) is 5.10 Å². The fourth-order valence-electron chi connectivity index (χ4n) is 2.07. The van der Waals surface area contributed by atoms with Gasteiger partial charge in [-0.25, -0.2) is 4.68 Å². The van der Waals surface area contributed by atoms with Gasteiger partial charge in [0.15, 0.2) is 0 Å². The topological polar surface area (TPSA) is 70.5 Å². The lowest BCUT2D eigenvalue weighted by Gasteiger charge is -2.29. The Hall–Kier alpha value is -1.60. The minimum absolute atomic E-state index is 0.0192. The lowest BCUT2D eigenvalue weighted by molar-refractivity contribution is -0.130. The van der Waals surface area contributed by atoms with Crippen molar-refractivity contribution in [1.82, 2.24) is 20.0 Å². The SMILES string of the molecule is CN(CC(=O)N1CCNCC1)c1cnn(C)c(=O)c1Cl. The second-order valence-corrected chi connectivity index (χ2v) is 5.14.